The van der Waals surface area contributed by atoms with Gasteiger partial charge in [-0.05, 0) is 33.8 Å². The lowest BCUT2D eigenvalue weighted by molar-refractivity contribution is 0.0522. The van der Waals surface area contributed by atoms with Gasteiger partial charge in [0.2, 0.25) is 0 Å². The highest BCUT2D eigenvalue weighted by atomic mass is 16.6. The van der Waals surface area contributed by atoms with Crippen LogP contribution >= 0.6 is 0 Å². The number of fused-ring (bicyclic) bond motifs is 1. The lowest BCUT2D eigenvalue weighted by Gasteiger charge is -2.19. The quantitative estimate of drug-likeness (QED) is 0.845. The number of amides is 1. The number of carbonyl (C=O) groups is 2. The largest absolute Gasteiger partial charge is 0.444 e. The van der Waals surface area contributed by atoms with Crippen LogP contribution in [0.1, 0.15) is 43.9 Å². The van der Waals surface area contributed by atoms with E-state index >= 15 is 0 Å². The van der Waals surface area contributed by atoms with Crippen LogP contribution in [0, 0.1) is 0 Å². The molecule has 0 spiro atoms. The lowest BCUT2D eigenvalue weighted by Crippen LogP contribution is -2.33. The van der Waals surface area contributed by atoms with Crippen molar-refractivity contribution in [3.63, 3.8) is 0 Å². The van der Waals surface area contributed by atoms with E-state index in [1.807, 2.05) is 0 Å². The molecule has 7 heteroatoms. The van der Waals surface area contributed by atoms with Crippen molar-refractivity contribution < 1.29 is 14.3 Å². The van der Waals surface area contributed by atoms with Crippen LogP contribution in [0.5, 0.6) is 0 Å². The first kappa shape index (κ1) is 16.7. The van der Waals surface area contributed by atoms with Gasteiger partial charge in [0.25, 0.3) is 5.56 Å². The van der Waals surface area contributed by atoms with Gasteiger partial charge >= 0.3 is 6.09 Å². The summed E-state index contributed by atoms with van der Waals surface area (Å²) in [6.45, 7) is 6.68. The highest BCUT2D eigenvalue weighted by Gasteiger charge is 2.16. The molecular formula is C16H19N3O4. The van der Waals surface area contributed by atoms with E-state index in [0.717, 1.165) is 0 Å². The number of rotatable bonds is 3. The minimum Gasteiger partial charge on any atom is -0.444 e. The van der Waals surface area contributed by atoms with Gasteiger partial charge < -0.3 is 15.0 Å². The fourth-order valence-electron chi connectivity index (χ4n) is 2.09. The number of hydrogen-bond acceptors (Lipinski definition) is 5. The second kappa shape index (κ2) is 6.20. The normalized spacial score (nSPS) is 11.3. The number of aromatic amines is 1. The van der Waals surface area contributed by atoms with Crippen LogP contribution in [0.25, 0.3) is 10.9 Å². The van der Waals surface area contributed by atoms with Crippen molar-refractivity contribution in [2.24, 2.45) is 0 Å². The standard InChI is InChI=1S/C16H19N3O4/c1-9(20)10-6-5-7-11-13(10)14(21)19-12(18-11)8-17-15(22)23-16(2,3)4/h5-7H,8H2,1-4H3,(H,17,22)(H,18,19,21). The molecule has 2 rings (SSSR count). The Balaban J connectivity index is 2.26. The van der Waals surface area contributed by atoms with E-state index in [2.05, 4.69) is 15.3 Å². The third-order valence-electron chi connectivity index (χ3n) is 2.96. The predicted octanol–water partition coefficient (Wildman–Crippen LogP) is 2.15. The first-order valence-corrected chi connectivity index (χ1v) is 7.17. The maximum atomic E-state index is 12.2. The fourth-order valence-corrected chi connectivity index (χ4v) is 2.09. The monoisotopic (exact) mass is 317 g/mol. The summed E-state index contributed by atoms with van der Waals surface area (Å²) in [7, 11) is 0. The van der Waals surface area contributed by atoms with E-state index in [9.17, 15) is 14.4 Å². The number of H-pyrrole nitrogens is 1. The van der Waals surface area contributed by atoms with Crippen LogP contribution in [-0.2, 0) is 11.3 Å². The molecule has 1 aromatic heterocycles. The number of carbonyl (C=O) groups excluding carboxylic acids is 2. The zero-order chi connectivity index (χ0) is 17.2. The van der Waals surface area contributed by atoms with E-state index < -0.39 is 17.3 Å². The first-order chi connectivity index (χ1) is 10.7. The average Bonchev–Trinajstić information content (AvgIpc) is 2.42. The zero-order valence-electron chi connectivity index (χ0n) is 13.5. The van der Waals surface area contributed by atoms with Crippen LogP contribution in [0.2, 0.25) is 0 Å². The molecule has 7 nitrogen and oxygen atoms in total. The van der Waals surface area contributed by atoms with Crippen molar-refractivity contribution in [1.82, 2.24) is 15.3 Å². The molecule has 23 heavy (non-hydrogen) atoms. The lowest BCUT2D eigenvalue weighted by atomic mass is 10.1. The Hall–Kier alpha value is -2.70. The maximum Gasteiger partial charge on any atom is 0.408 e. The molecule has 1 aromatic carbocycles. The molecule has 0 aliphatic rings. The van der Waals surface area contributed by atoms with Crippen molar-refractivity contribution in [3.8, 4) is 0 Å². The van der Waals surface area contributed by atoms with Gasteiger partial charge in [0.15, 0.2) is 5.78 Å². The van der Waals surface area contributed by atoms with Crippen LogP contribution in [0.3, 0.4) is 0 Å². The van der Waals surface area contributed by atoms with E-state index in [1.165, 1.54) is 6.92 Å². The molecular weight excluding hydrogens is 298 g/mol. The van der Waals surface area contributed by atoms with Gasteiger partial charge in [-0.3, -0.25) is 9.59 Å². The van der Waals surface area contributed by atoms with Crippen molar-refractivity contribution in [1.29, 1.82) is 0 Å². The molecule has 0 saturated carbocycles. The molecule has 0 aliphatic carbocycles. The molecule has 2 N–H and O–H groups in total. The number of benzene rings is 1. The van der Waals surface area contributed by atoms with Gasteiger partial charge in [0.1, 0.15) is 11.4 Å². The van der Waals surface area contributed by atoms with E-state index in [-0.39, 0.29) is 23.5 Å². The van der Waals surface area contributed by atoms with Gasteiger partial charge in [-0.25, -0.2) is 9.78 Å². The molecule has 1 heterocycles. The van der Waals surface area contributed by atoms with Gasteiger partial charge in [0, 0.05) is 5.56 Å². The first-order valence-electron chi connectivity index (χ1n) is 7.17. The van der Waals surface area contributed by atoms with Crippen molar-refractivity contribution in [3.05, 3.63) is 39.9 Å². The Labute approximate surface area is 133 Å². The number of nitrogens with one attached hydrogen (secondary N) is 2. The topological polar surface area (TPSA) is 101 Å². The minimum absolute atomic E-state index is 0.0182. The molecule has 0 radical (unpaired) electrons. The van der Waals surface area contributed by atoms with E-state index in [0.29, 0.717) is 11.1 Å². The maximum absolute atomic E-state index is 12.2. The van der Waals surface area contributed by atoms with Crippen molar-refractivity contribution in [2.75, 3.05) is 0 Å². The van der Waals surface area contributed by atoms with Crippen LogP contribution in [0.4, 0.5) is 4.79 Å². The second-order valence-corrected chi connectivity index (χ2v) is 6.12. The molecule has 0 unspecified atom stereocenters. The number of Topliss-reactive ketones (excluding diaryl/α,β-unsaturated/α-hetero) is 1. The Morgan fingerprint density at radius 2 is 2.00 bits per heavy atom. The summed E-state index contributed by atoms with van der Waals surface area (Å²) in [6.07, 6.45) is -0.599. The van der Waals surface area contributed by atoms with Crippen LogP contribution < -0.4 is 10.9 Å². The molecule has 0 saturated heterocycles. The summed E-state index contributed by atoms with van der Waals surface area (Å²) >= 11 is 0. The molecule has 1 amide bonds. The molecule has 0 aliphatic heterocycles. The third-order valence-corrected chi connectivity index (χ3v) is 2.96. The Kier molecular flexibility index (Phi) is 4.49. The second-order valence-electron chi connectivity index (χ2n) is 6.12. The Bertz CT molecular complexity index is 818. The Morgan fingerprint density at radius 3 is 2.61 bits per heavy atom. The SMILES string of the molecule is CC(=O)c1cccc2nc(CNC(=O)OC(C)(C)C)[nH]c(=O)c12. The number of ether oxygens (including phenoxy) is 1. The summed E-state index contributed by atoms with van der Waals surface area (Å²) in [5.74, 6) is 0.0802. The molecule has 122 valence electrons. The minimum atomic E-state index is -0.606. The third kappa shape index (κ3) is 4.15. The van der Waals surface area contributed by atoms with Gasteiger partial charge in [-0.15, -0.1) is 0 Å². The number of alkyl carbamates (subject to hydrolysis) is 1. The fraction of sp³-hybridized carbons (Fsp3) is 0.375. The van der Waals surface area contributed by atoms with E-state index in [4.69, 9.17) is 4.74 Å². The number of nitrogens with zero attached hydrogens (tertiary/aromatic N) is 1. The van der Waals surface area contributed by atoms with Gasteiger partial charge in [-0.2, -0.15) is 0 Å². The van der Waals surface area contributed by atoms with Crippen molar-refractivity contribution in [2.45, 2.75) is 39.8 Å². The van der Waals surface area contributed by atoms with Crippen LogP contribution in [-0.4, -0.2) is 27.4 Å². The molecule has 0 fully saturated rings. The summed E-state index contributed by atoms with van der Waals surface area (Å²) in [5, 5.41) is 2.77. The number of ketones is 1. The molecule has 2 aromatic rings. The number of aromatic nitrogens is 2. The highest BCUT2D eigenvalue weighted by Crippen LogP contribution is 2.13. The number of hydrogen-bond donors (Lipinski definition) is 2. The van der Waals surface area contributed by atoms with Gasteiger partial charge in [-0.1, -0.05) is 12.1 Å². The zero-order valence-corrected chi connectivity index (χ0v) is 13.5. The summed E-state index contributed by atoms with van der Waals surface area (Å²) in [4.78, 5) is 42.3. The summed E-state index contributed by atoms with van der Waals surface area (Å²) in [6, 6.07) is 4.89. The van der Waals surface area contributed by atoms with Crippen LogP contribution in [0.15, 0.2) is 23.0 Å². The predicted molar refractivity (Wildman–Crippen MR) is 85.4 cm³/mol. The van der Waals surface area contributed by atoms with E-state index in [1.54, 1.807) is 39.0 Å². The summed E-state index contributed by atoms with van der Waals surface area (Å²) < 4.78 is 5.11. The van der Waals surface area contributed by atoms with Crippen molar-refractivity contribution >= 4 is 22.8 Å². The average molecular weight is 317 g/mol. The highest BCUT2D eigenvalue weighted by molar-refractivity contribution is 6.05. The summed E-state index contributed by atoms with van der Waals surface area (Å²) in [5.41, 5.74) is -0.294. The van der Waals surface area contributed by atoms with Gasteiger partial charge in [0.05, 0.1) is 17.4 Å². The smallest absolute Gasteiger partial charge is 0.408 e. The molecule has 0 bridgehead atoms. The molecule has 0 atom stereocenters. The Morgan fingerprint density at radius 1 is 1.30 bits per heavy atom.